The number of nitrogens with one attached hydrogen (secondary N) is 1. The third-order valence-corrected chi connectivity index (χ3v) is 2.71. The zero-order chi connectivity index (χ0) is 13.1. The highest BCUT2D eigenvalue weighted by atomic mass is 16.5. The van der Waals surface area contributed by atoms with Gasteiger partial charge in [0, 0.05) is 17.8 Å². The Morgan fingerprint density at radius 3 is 2.78 bits per heavy atom. The second-order valence-corrected chi connectivity index (χ2v) is 4.75. The summed E-state index contributed by atoms with van der Waals surface area (Å²) in [7, 11) is 1.61. The summed E-state index contributed by atoms with van der Waals surface area (Å²) in [5, 5.41) is 3.13. The van der Waals surface area contributed by atoms with E-state index in [1.165, 1.54) is 0 Å². The molecule has 0 atom stereocenters. The molecule has 1 aromatic carbocycles. The lowest BCUT2D eigenvalue weighted by Crippen LogP contribution is -2.13. The lowest BCUT2D eigenvalue weighted by Gasteiger charge is -2.05. The van der Waals surface area contributed by atoms with Crippen molar-refractivity contribution in [3.63, 3.8) is 0 Å². The number of nitrogens with zero attached hydrogens (tertiary/aromatic N) is 1. The predicted octanol–water partition coefficient (Wildman–Crippen LogP) is 2.37. The van der Waals surface area contributed by atoms with E-state index in [4.69, 9.17) is 4.74 Å². The quantitative estimate of drug-likeness (QED) is 0.900. The average molecular weight is 246 g/mol. The van der Waals surface area contributed by atoms with Crippen molar-refractivity contribution in [1.29, 1.82) is 0 Å². The van der Waals surface area contributed by atoms with E-state index >= 15 is 0 Å². The molecule has 1 aromatic heterocycles. The van der Waals surface area contributed by atoms with Gasteiger partial charge in [0.1, 0.15) is 5.75 Å². The van der Waals surface area contributed by atoms with E-state index in [0.29, 0.717) is 5.92 Å². The Kier molecular flexibility index (Phi) is 3.55. The number of benzene rings is 1. The van der Waals surface area contributed by atoms with Crippen LogP contribution in [0.4, 0.5) is 0 Å². The number of H-pyrrole nitrogens is 1. The standard InChI is InChI=1S/C14H18N2O2/c1-10(2)7-11-8-14(17)16(15-11)12-5-4-6-13(9-12)18-3/h4-6,8-10,15H,7H2,1-3H3. The second-order valence-electron chi connectivity index (χ2n) is 4.75. The van der Waals surface area contributed by atoms with Gasteiger partial charge in [-0.25, -0.2) is 4.68 Å². The maximum atomic E-state index is 11.9. The average Bonchev–Trinajstić information content (AvgIpc) is 2.69. The molecular weight excluding hydrogens is 228 g/mol. The number of hydrogen-bond donors (Lipinski definition) is 1. The van der Waals surface area contributed by atoms with Crippen LogP contribution in [0.15, 0.2) is 35.1 Å². The molecule has 4 heteroatoms. The molecule has 0 amide bonds. The lowest BCUT2D eigenvalue weighted by molar-refractivity contribution is 0.414. The van der Waals surface area contributed by atoms with E-state index in [1.807, 2.05) is 24.3 Å². The fourth-order valence-electron chi connectivity index (χ4n) is 1.93. The molecule has 0 saturated carbocycles. The Balaban J connectivity index is 2.38. The summed E-state index contributed by atoms with van der Waals surface area (Å²) < 4.78 is 6.70. The molecule has 0 aliphatic carbocycles. The van der Waals surface area contributed by atoms with Gasteiger partial charge in [-0.15, -0.1) is 0 Å². The first kappa shape index (κ1) is 12.5. The molecule has 0 radical (unpaired) electrons. The van der Waals surface area contributed by atoms with E-state index in [2.05, 4.69) is 18.9 Å². The number of aromatic amines is 1. The number of aromatic nitrogens is 2. The molecule has 1 heterocycles. The van der Waals surface area contributed by atoms with Crippen molar-refractivity contribution < 1.29 is 4.74 Å². The Morgan fingerprint density at radius 2 is 2.11 bits per heavy atom. The number of ether oxygens (including phenoxy) is 1. The van der Waals surface area contributed by atoms with E-state index in [9.17, 15) is 4.79 Å². The molecule has 0 bridgehead atoms. The van der Waals surface area contributed by atoms with Crippen LogP contribution in [0.25, 0.3) is 5.69 Å². The first-order valence-electron chi connectivity index (χ1n) is 6.05. The second kappa shape index (κ2) is 5.12. The minimum absolute atomic E-state index is 0.0427. The van der Waals surface area contributed by atoms with Crippen molar-refractivity contribution in [2.24, 2.45) is 5.92 Å². The zero-order valence-corrected chi connectivity index (χ0v) is 10.9. The van der Waals surface area contributed by atoms with Crippen LogP contribution in [-0.4, -0.2) is 16.9 Å². The van der Waals surface area contributed by atoms with Crippen LogP contribution in [0, 0.1) is 5.92 Å². The normalized spacial score (nSPS) is 10.9. The Bertz CT molecular complexity index is 581. The predicted molar refractivity (Wildman–Crippen MR) is 71.5 cm³/mol. The molecule has 2 rings (SSSR count). The first-order chi connectivity index (χ1) is 8.60. The Morgan fingerprint density at radius 1 is 1.33 bits per heavy atom. The maximum Gasteiger partial charge on any atom is 0.271 e. The lowest BCUT2D eigenvalue weighted by atomic mass is 10.1. The molecule has 0 spiro atoms. The summed E-state index contributed by atoms with van der Waals surface area (Å²) >= 11 is 0. The molecule has 0 aliphatic heterocycles. The highest BCUT2D eigenvalue weighted by molar-refractivity contribution is 5.38. The summed E-state index contributed by atoms with van der Waals surface area (Å²) in [5.41, 5.74) is 1.70. The first-order valence-corrected chi connectivity index (χ1v) is 6.05. The van der Waals surface area contributed by atoms with Crippen LogP contribution in [0.2, 0.25) is 0 Å². The molecule has 0 saturated heterocycles. The molecule has 96 valence electrons. The monoisotopic (exact) mass is 246 g/mol. The largest absolute Gasteiger partial charge is 0.497 e. The smallest absolute Gasteiger partial charge is 0.271 e. The molecule has 2 aromatic rings. The van der Waals surface area contributed by atoms with Crippen LogP contribution >= 0.6 is 0 Å². The molecule has 0 fully saturated rings. The SMILES string of the molecule is COc1cccc(-n2[nH]c(CC(C)C)cc2=O)c1. The number of rotatable bonds is 4. The summed E-state index contributed by atoms with van der Waals surface area (Å²) in [5.74, 6) is 1.25. The van der Waals surface area contributed by atoms with Crippen molar-refractivity contribution in [2.45, 2.75) is 20.3 Å². The van der Waals surface area contributed by atoms with Crippen LogP contribution in [0.1, 0.15) is 19.5 Å². The van der Waals surface area contributed by atoms with E-state index in [-0.39, 0.29) is 5.56 Å². The molecule has 18 heavy (non-hydrogen) atoms. The molecule has 0 unspecified atom stereocenters. The van der Waals surface area contributed by atoms with Gasteiger partial charge in [-0.2, -0.15) is 0 Å². The van der Waals surface area contributed by atoms with E-state index in [1.54, 1.807) is 17.9 Å². The van der Waals surface area contributed by atoms with Gasteiger partial charge in [0.2, 0.25) is 0 Å². The fraction of sp³-hybridized carbons (Fsp3) is 0.357. The van der Waals surface area contributed by atoms with Crippen molar-refractivity contribution in [1.82, 2.24) is 9.78 Å². The van der Waals surface area contributed by atoms with Gasteiger partial charge >= 0.3 is 0 Å². The van der Waals surface area contributed by atoms with Crippen LogP contribution in [0.5, 0.6) is 5.75 Å². The van der Waals surface area contributed by atoms with Crippen molar-refractivity contribution in [2.75, 3.05) is 7.11 Å². The van der Waals surface area contributed by atoms with Crippen molar-refractivity contribution in [3.05, 3.63) is 46.4 Å². The summed E-state index contributed by atoms with van der Waals surface area (Å²) in [6.07, 6.45) is 0.867. The number of methoxy groups -OCH3 is 1. The van der Waals surface area contributed by atoms with Gasteiger partial charge in [0.15, 0.2) is 0 Å². The van der Waals surface area contributed by atoms with Gasteiger partial charge < -0.3 is 4.74 Å². The van der Waals surface area contributed by atoms with Crippen molar-refractivity contribution >= 4 is 0 Å². The highest BCUT2D eigenvalue weighted by Crippen LogP contribution is 2.15. The van der Waals surface area contributed by atoms with E-state index < -0.39 is 0 Å². The number of hydrogen-bond acceptors (Lipinski definition) is 2. The van der Waals surface area contributed by atoms with Crippen molar-refractivity contribution in [3.8, 4) is 11.4 Å². The third-order valence-electron chi connectivity index (χ3n) is 2.71. The van der Waals surface area contributed by atoms with Crippen LogP contribution in [-0.2, 0) is 6.42 Å². The molecule has 0 aliphatic rings. The summed E-state index contributed by atoms with van der Waals surface area (Å²) in [6, 6.07) is 9.08. The van der Waals surface area contributed by atoms with Gasteiger partial charge in [-0.05, 0) is 24.5 Å². The Labute approximate surface area is 106 Å². The molecular formula is C14H18N2O2. The Hall–Kier alpha value is -1.97. The van der Waals surface area contributed by atoms with Gasteiger partial charge in [-0.3, -0.25) is 9.89 Å². The van der Waals surface area contributed by atoms with Gasteiger partial charge in [0.05, 0.1) is 12.8 Å². The van der Waals surface area contributed by atoms with Crippen LogP contribution < -0.4 is 10.3 Å². The molecule has 4 nitrogen and oxygen atoms in total. The minimum Gasteiger partial charge on any atom is -0.497 e. The minimum atomic E-state index is -0.0427. The fourth-order valence-corrected chi connectivity index (χ4v) is 1.93. The highest BCUT2D eigenvalue weighted by Gasteiger charge is 2.07. The van der Waals surface area contributed by atoms with E-state index in [0.717, 1.165) is 23.6 Å². The maximum absolute atomic E-state index is 11.9. The van der Waals surface area contributed by atoms with Crippen LogP contribution in [0.3, 0.4) is 0 Å². The van der Waals surface area contributed by atoms with Gasteiger partial charge in [0.25, 0.3) is 5.56 Å². The topological polar surface area (TPSA) is 47.0 Å². The zero-order valence-electron chi connectivity index (χ0n) is 10.9. The molecule has 1 N–H and O–H groups in total. The summed E-state index contributed by atoms with van der Waals surface area (Å²) in [6.45, 7) is 4.25. The third kappa shape index (κ3) is 2.64. The summed E-state index contributed by atoms with van der Waals surface area (Å²) in [4.78, 5) is 11.9. The van der Waals surface area contributed by atoms with Gasteiger partial charge in [-0.1, -0.05) is 19.9 Å².